The Bertz CT molecular complexity index is 1870. The van der Waals surface area contributed by atoms with E-state index in [0.717, 1.165) is 141 Å². The van der Waals surface area contributed by atoms with Crippen molar-refractivity contribution in [2.75, 3.05) is 26.4 Å². The predicted molar refractivity (Wildman–Crippen MR) is 320 cm³/mol. The molecular formula is C65H100NO8P. The third kappa shape index (κ3) is 58.2. The monoisotopic (exact) mass is 1050 g/mol. The molecule has 0 radical (unpaired) electrons. The van der Waals surface area contributed by atoms with E-state index < -0.39 is 32.5 Å². The van der Waals surface area contributed by atoms with Gasteiger partial charge in [-0.2, -0.15) is 0 Å². The van der Waals surface area contributed by atoms with Gasteiger partial charge in [-0.3, -0.25) is 18.6 Å². The van der Waals surface area contributed by atoms with Crippen LogP contribution in [0.5, 0.6) is 0 Å². The maximum Gasteiger partial charge on any atom is 0.472 e. The van der Waals surface area contributed by atoms with E-state index in [4.69, 9.17) is 24.3 Å². The molecule has 0 saturated heterocycles. The van der Waals surface area contributed by atoms with E-state index in [1.807, 2.05) is 0 Å². The Morgan fingerprint density at radius 3 is 1.03 bits per heavy atom. The zero-order valence-corrected chi connectivity index (χ0v) is 47.3. The maximum absolute atomic E-state index is 12.7. The van der Waals surface area contributed by atoms with Gasteiger partial charge in [0.05, 0.1) is 13.2 Å². The van der Waals surface area contributed by atoms with Crippen molar-refractivity contribution in [1.29, 1.82) is 0 Å². The summed E-state index contributed by atoms with van der Waals surface area (Å²) < 4.78 is 32.9. The SMILES string of the molecule is CC/C=C\C/C=C\C/C=C\C/C=C\C/C=C\C/C=C\C/C=C\C/C=C\C/C=C\CCCCCC(=O)OC(COC(=O)CCCCCC/C=C\C/C=C\C/C=C\C/C=C\C/C=C\C/C=C\CC)COP(=O)(O)OCCN. The molecule has 0 rings (SSSR count). The van der Waals surface area contributed by atoms with Gasteiger partial charge in [0.25, 0.3) is 0 Å². The number of ether oxygens (including phenoxy) is 2. The maximum atomic E-state index is 12.7. The summed E-state index contributed by atoms with van der Waals surface area (Å²) in [7, 11) is -4.42. The molecule has 418 valence electrons. The molecule has 0 aromatic carbocycles. The van der Waals surface area contributed by atoms with Gasteiger partial charge in [0.15, 0.2) is 6.10 Å². The molecule has 0 heterocycles. The Labute approximate surface area is 456 Å². The Hall–Kier alpha value is -4.89. The molecule has 0 aliphatic heterocycles. The van der Waals surface area contributed by atoms with Gasteiger partial charge in [-0.15, -0.1) is 0 Å². The number of phosphoric ester groups is 1. The highest BCUT2D eigenvalue weighted by Gasteiger charge is 2.26. The molecule has 0 aliphatic rings. The van der Waals surface area contributed by atoms with Crippen molar-refractivity contribution >= 4 is 19.8 Å². The van der Waals surface area contributed by atoms with Crippen LogP contribution in [0, 0.1) is 0 Å². The van der Waals surface area contributed by atoms with Crippen molar-refractivity contribution in [2.24, 2.45) is 5.73 Å². The van der Waals surface area contributed by atoms with Crippen LogP contribution in [-0.4, -0.2) is 49.3 Å². The van der Waals surface area contributed by atoms with E-state index in [2.05, 4.69) is 196 Å². The predicted octanol–water partition coefficient (Wildman–Crippen LogP) is 18.1. The lowest BCUT2D eigenvalue weighted by Gasteiger charge is -2.19. The molecule has 0 amide bonds. The molecule has 2 unspecified atom stereocenters. The number of esters is 2. The largest absolute Gasteiger partial charge is 0.472 e. The van der Waals surface area contributed by atoms with Gasteiger partial charge in [0.2, 0.25) is 0 Å². The van der Waals surface area contributed by atoms with Crippen LogP contribution in [-0.2, 0) is 32.7 Å². The Balaban J connectivity index is 4.20. The summed E-state index contributed by atoms with van der Waals surface area (Å²) in [5, 5.41) is 0. The van der Waals surface area contributed by atoms with Gasteiger partial charge in [-0.1, -0.05) is 215 Å². The van der Waals surface area contributed by atoms with Crippen LogP contribution in [0.1, 0.15) is 181 Å². The van der Waals surface area contributed by atoms with Crippen LogP contribution in [0.3, 0.4) is 0 Å². The van der Waals surface area contributed by atoms with E-state index >= 15 is 0 Å². The van der Waals surface area contributed by atoms with E-state index in [-0.39, 0.29) is 32.6 Å². The minimum absolute atomic E-state index is 0.0322. The molecule has 0 aromatic heterocycles. The number of hydrogen-bond acceptors (Lipinski definition) is 8. The van der Waals surface area contributed by atoms with E-state index in [1.54, 1.807) is 0 Å². The fourth-order valence-corrected chi connectivity index (χ4v) is 7.45. The molecule has 0 fully saturated rings. The molecule has 10 heteroatoms. The zero-order valence-electron chi connectivity index (χ0n) is 46.4. The first-order chi connectivity index (χ1) is 36.8. The number of carbonyl (C=O) groups is 2. The lowest BCUT2D eigenvalue weighted by Crippen LogP contribution is -2.29. The van der Waals surface area contributed by atoms with Crippen LogP contribution in [0.4, 0.5) is 0 Å². The molecule has 3 N–H and O–H groups in total. The summed E-state index contributed by atoms with van der Waals surface area (Å²) in [5.41, 5.74) is 5.37. The lowest BCUT2D eigenvalue weighted by molar-refractivity contribution is -0.161. The molecule has 0 saturated carbocycles. The number of allylic oxidation sites excluding steroid dienone is 30. The zero-order chi connectivity index (χ0) is 54.5. The number of phosphoric acid groups is 1. The second-order valence-electron chi connectivity index (χ2n) is 17.7. The highest BCUT2D eigenvalue weighted by molar-refractivity contribution is 7.47. The number of rotatable bonds is 50. The van der Waals surface area contributed by atoms with Crippen LogP contribution in [0.25, 0.3) is 0 Å². The summed E-state index contributed by atoms with van der Waals surface area (Å²) in [5.74, 6) is -0.915. The lowest BCUT2D eigenvalue weighted by atomic mass is 10.1. The van der Waals surface area contributed by atoms with Crippen molar-refractivity contribution < 1.29 is 37.6 Å². The van der Waals surface area contributed by atoms with Crippen LogP contribution in [0.15, 0.2) is 182 Å². The molecule has 0 bridgehead atoms. The third-order valence-electron chi connectivity index (χ3n) is 10.8. The summed E-state index contributed by atoms with van der Waals surface area (Å²) in [4.78, 5) is 35.2. The van der Waals surface area contributed by atoms with E-state index in [9.17, 15) is 19.0 Å². The van der Waals surface area contributed by atoms with Gasteiger partial charge in [0, 0.05) is 19.4 Å². The first-order valence-corrected chi connectivity index (χ1v) is 29.8. The summed E-state index contributed by atoms with van der Waals surface area (Å²) in [6.45, 7) is 3.40. The number of hydrogen-bond donors (Lipinski definition) is 2. The fourth-order valence-electron chi connectivity index (χ4n) is 6.69. The van der Waals surface area contributed by atoms with E-state index in [0.29, 0.717) is 12.8 Å². The molecule has 9 nitrogen and oxygen atoms in total. The summed E-state index contributed by atoms with van der Waals surface area (Å²) in [6, 6.07) is 0. The summed E-state index contributed by atoms with van der Waals surface area (Å²) in [6.07, 6.45) is 87.9. The second kappa shape index (κ2) is 58.4. The molecule has 0 aromatic rings. The topological polar surface area (TPSA) is 134 Å². The van der Waals surface area contributed by atoms with Crippen LogP contribution in [0.2, 0.25) is 0 Å². The number of carbonyl (C=O) groups excluding carboxylic acids is 2. The second-order valence-corrected chi connectivity index (χ2v) is 19.1. The molecule has 75 heavy (non-hydrogen) atoms. The minimum Gasteiger partial charge on any atom is -0.462 e. The van der Waals surface area contributed by atoms with Crippen molar-refractivity contribution in [1.82, 2.24) is 0 Å². The van der Waals surface area contributed by atoms with Gasteiger partial charge in [0.1, 0.15) is 6.61 Å². The average Bonchev–Trinajstić information content (AvgIpc) is 3.40. The first kappa shape index (κ1) is 70.1. The molecule has 0 spiro atoms. The standard InChI is InChI=1S/C65H100NO8P/c1-3-5-7-9-11-13-15-17-19-21-23-25-27-28-29-30-31-32-33-34-36-38-40-42-44-46-48-50-52-54-56-58-65(68)74-63(62-73-75(69,70)72-60-59-66)61-71-64(67)57-55-53-51-49-47-45-43-41-39-37-35-26-24-22-20-18-16-14-12-10-8-6-4-2/h5-8,11-14,17-20,23-26,28-29,31-32,34,36-37,39-40,42-43,45-46,48,63H,3-4,9-10,15-16,21-22,27,30,33,35,38,41,44,47,49-62,66H2,1-2H3,(H,69,70)/b7-5-,8-6-,13-11-,14-12-,19-17-,20-18-,25-23-,26-24-,29-28-,32-31-,36-34-,39-37-,42-40-,45-43-,48-46-. The van der Waals surface area contributed by atoms with Crippen molar-refractivity contribution in [3.63, 3.8) is 0 Å². The Kier molecular flexibility index (Phi) is 54.6. The molecular weight excluding hydrogens is 954 g/mol. The van der Waals surface area contributed by atoms with Gasteiger partial charge in [-0.05, 0) is 135 Å². The quantitative estimate of drug-likeness (QED) is 0.0264. The Morgan fingerprint density at radius 1 is 0.400 bits per heavy atom. The van der Waals surface area contributed by atoms with Crippen LogP contribution < -0.4 is 5.73 Å². The average molecular weight is 1050 g/mol. The van der Waals surface area contributed by atoms with Crippen molar-refractivity contribution in [3.05, 3.63) is 182 Å². The Morgan fingerprint density at radius 2 is 0.693 bits per heavy atom. The van der Waals surface area contributed by atoms with Crippen molar-refractivity contribution in [2.45, 2.75) is 187 Å². The third-order valence-corrected chi connectivity index (χ3v) is 11.8. The normalized spacial score (nSPS) is 14.5. The number of nitrogens with two attached hydrogens (primary N) is 1. The summed E-state index contributed by atoms with van der Waals surface area (Å²) >= 11 is 0. The van der Waals surface area contributed by atoms with Gasteiger partial charge >= 0.3 is 19.8 Å². The van der Waals surface area contributed by atoms with E-state index in [1.165, 1.54) is 0 Å². The number of unbranched alkanes of at least 4 members (excludes halogenated alkanes) is 7. The molecule has 2 atom stereocenters. The highest BCUT2D eigenvalue weighted by atomic mass is 31.2. The minimum atomic E-state index is -4.42. The van der Waals surface area contributed by atoms with Gasteiger partial charge in [-0.25, -0.2) is 4.57 Å². The molecule has 0 aliphatic carbocycles. The smallest absolute Gasteiger partial charge is 0.462 e. The van der Waals surface area contributed by atoms with Gasteiger partial charge < -0.3 is 20.1 Å². The first-order valence-electron chi connectivity index (χ1n) is 28.3. The van der Waals surface area contributed by atoms with Crippen molar-refractivity contribution in [3.8, 4) is 0 Å². The fraction of sp³-hybridized carbons (Fsp3) is 0.508. The van der Waals surface area contributed by atoms with Crippen LogP contribution >= 0.6 is 7.82 Å². The highest BCUT2D eigenvalue weighted by Crippen LogP contribution is 2.43.